The molecule has 0 atom stereocenters. The van der Waals surface area contributed by atoms with Crippen molar-refractivity contribution >= 4 is 11.7 Å². The lowest BCUT2D eigenvalue weighted by Gasteiger charge is -2.12. The second-order valence-corrected chi connectivity index (χ2v) is 5.83. The van der Waals surface area contributed by atoms with Crippen molar-refractivity contribution in [2.24, 2.45) is 0 Å². The lowest BCUT2D eigenvalue weighted by atomic mass is 10.1. The molecule has 0 heterocycles. The van der Waals surface area contributed by atoms with Gasteiger partial charge in [-0.25, -0.2) is 0 Å². The molecule has 28 heavy (non-hydrogen) atoms. The molecule has 6 nitrogen and oxygen atoms in total. The fourth-order valence-corrected chi connectivity index (χ4v) is 2.39. The van der Waals surface area contributed by atoms with E-state index in [2.05, 4.69) is 10.1 Å². The van der Waals surface area contributed by atoms with Crippen LogP contribution in [0.3, 0.4) is 0 Å². The van der Waals surface area contributed by atoms with Crippen LogP contribution in [0.4, 0.5) is 8.78 Å². The molecule has 0 aliphatic carbocycles. The number of rotatable bonds is 10. The molecular formula is C20H21F2NO5. The van der Waals surface area contributed by atoms with Gasteiger partial charge in [-0.15, -0.1) is 0 Å². The summed E-state index contributed by atoms with van der Waals surface area (Å²) in [6, 6.07) is 11.1. The summed E-state index contributed by atoms with van der Waals surface area (Å²) in [5.41, 5.74) is 1.36. The number of carbonyl (C=O) groups is 2. The smallest absolute Gasteiger partial charge is 0.387 e. The van der Waals surface area contributed by atoms with E-state index in [1.165, 1.54) is 20.1 Å². The highest BCUT2D eigenvalue weighted by molar-refractivity contribution is 5.94. The van der Waals surface area contributed by atoms with Crippen molar-refractivity contribution in [3.8, 4) is 17.2 Å². The number of nitrogens with one attached hydrogen (secondary N) is 1. The summed E-state index contributed by atoms with van der Waals surface area (Å²) in [5, 5.41) is 2.71. The Bertz CT molecular complexity index is 809. The van der Waals surface area contributed by atoms with Crippen molar-refractivity contribution in [3.05, 3.63) is 53.6 Å². The van der Waals surface area contributed by atoms with E-state index in [1.807, 2.05) is 0 Å². The van der Waals surface area contributed by atoms with Gasteiger partial charge < -0.3 is 19.5 Å². The number of halogens is 2. The first-order chi connectivity index (χ1) is 13.4. The van der Waals surface area contributed by atoms with E-state index in [0.717, 1.165) is 5.56 Å². The Morgan fingerprint density at radius 3 is 2.39 bits per heavy atom. The van der Waals surface area contributed by atoms with Crippen molar-refractivity contribution in [1.82, 2.24) is 5.32 Å². The van der Waals surface area contributed by atoms with Gasteiger partial charge in [-0.2, -0.15) is 8.78 Å². The summed E-state index contributed by atoms with van der Waals surface area (Å²) in [7, 11) is 1.36. The third kappa shape index (κ3) is 6.53. The Labute approximate surface area is 161 Å². The molecule has 0 aliphatic heterocycles. The van der Waals surface area contributed by atoms with Gasteiger partial charge >= 0.3 is 6.61 Å². The molecular weight excluding hydrogens is 372 g/mol. The molecule has 0 saturated heterocycles. The van der Waals surface area contributed by atoms with Gasteiger partial charge in [0.25, 0.3) is 5.91 Å². The molecule has 1 N–H and O–H groups in total. The van der Waals surface area contributed by atoms with Gasteiger partial charge in [0.15, 0.2) is 23.9 Å². The average Bonchev–Trinajstić information content (AvgIpc) is 2.67. The van der Waals surface area contributed by atoms with Gasteiger partial charge in [0, 0.05) is 12.1 Å². The maximum absolute atomic E-state index is 12.3. The molecule has 0 fully saturated rings. The molecule has 0 aliphatic rings. The zero-order chi connectivity index (χ0) is 20.5. The first-order valence-corrected chi connectivity index (χ1v) is 8.51. The van der Waals surface area contributed by atoms with Crippen LogP contribution < -0.4 is 19.5 Å². The number of methoxy groups -OCH3 is 1. The lowest BCUT2D eigenvalue weighted by Crippen LogP contribution is -2.30. The van der Waals surface area contributed by atoms with Crippen molar-refractivity contribution in [2.45, 2.75) is 20.0 Å². The number of hydrogen-bond donors (Lipinski definition) is 1. The molecule has 8 heteroatoms. The first kappa shape index (κ1) is 21.1. The zero-order valence-electron chi connectivity index (χ0n) is 15.5. The second kappa shape index (κ2) is 10.2. The van der Waals surface area contributed by atoms with Gasteiger partial charge in [0.1, 0.15) is 5.75 Å². The number of hydrogen-bond acceptors (Lipinski definition) is 5. The van der Waals surface area contributed by atoms with Crippen molar-refractivity contribution < 1.29 is 32.6 Å². The summed E-state index contributed by atoms with van der Waals surface area (Å²) in [6.07, 6.45) is 0.477. The fraction of sp³-hybridized carbons (Fsp3) is 0.300. The van der Waals surface area contributed by atoms with Crippen LogP contribution in [0.1, 0.15) is 22.8 Å². The van der Waals surface area contributed by atoms with Gasteiger partial charge in [-0.3, -0.25) is 9.59 Å². The third-order valence-corrected chi connectivity index (χ3v) is 3.81. The summed E-state index contributed by atoms with van der Waals surface area (Å²) in [6.45, 7) is -1.29. The van der Waals surface area contributed by atoms with E-state index >= 15 is 0 Å². The Hall–Kier alpha value is -3.16. The lowest BCUT2D eigenvalue weighted by molar-refractivity contribution is -0.123. The summed E-state index contributed by atoms with van der Waals surface area (Å²) < 4.78 is 39.4. The summed E-state index contributed by atoms with van der Waals surface area (Å²) in [5.74, 6) is 0.283. The van der Waals surface area contributed by atoms with Crippen molar-refractivity contribution in [2.75, 3.05) is 20.3 Å². The minimum absolute atomic E-state index is 0.0466. The minimum atomic E-state index is -2.93. The molecule has 150 valence electrons. The van der Waals surface area contributed by atoms with Crippen LogP contribution in [-0.4, -0.2) is 38.6 Å². The first-order valence-electron chi connectivity index (χ1n) is 8.51. The van der Waals surface area contributed by atoms with Gasteiger partial charge in [-0.1, -0.05) is 6.07 Å². The second-order valence-electron chi connectivity index (χ2n) is 5.83. The molecule has 2 aromatic carbocycles. The highest BCUT2D eigenvalue weighted by atomic mass is 19.3. The number of ketones is 1. The highest BCUT2D eigenvalue weighted by Gasteiger charge is 2.11. The Morgan fingerprint density at radius 1 is 1.07 bits per heavy atom. The van der Waals surface area contributed by atoms with Crippen LogP contribution in [0.5, 0.6) is 17.2 Å². The van der Waals surface area contributed by atoms with Gasteiger partial charge in [0.05, 0.1) is 7.11 Å². The average molecular weight is 393 g/mol. The number of amides is 1. The van der Waals surface area contributed by atoms with E-state index in [-0.39, 0.29) is 29.8 Å². The molecule has 0 saturated carbocycles. The fourth-order valence-electron chi connectivity index (χ4n) is 2.39. The Morgan fingerprint density at radius 2 is 1.79 bits per heavy atom. The number of carbonyl (C=O) groups excluding carboxylic acids is 2. The molecule has 0 bridgehead atoms. The van der Waals surface area contributed by atoms with Crippen LogP contribution in [0, 0.1) is 0 Å². The summed E-state index contributed by atoms with van der Waals surface area (Å²) in [4.78, 5) is 23.1. The topological polar surface area (TPSA) is 73.9 Å². The molecule has 1 amide bonds. The maximum atomic E-state index is 12.3. The predicted octanol–water partition coefficient (Wildman–Crippen LogP) is 3.24. The number of ether oxygens (including phenoxy) is 3. The van der Waals surface area contributed by atoms with Gasteiger partial charge in [0.2, 0.25) is 0 Å². The van der Waals surface area contributed by atoms with Gasteiger partial charge in [-0.05, 0) is 55.3 Å². The van der Waals surface area contributed by atoms with E-state index < -0.39 is 6.61 Å². The molecule has 2 rings (SSSR count). The summed E-state index contributed by atoms with van der Waals surface area (Å²) >= 11 is 0. The van der Waals surface area contributed by atoms with Crippen LogP contribution >= 0.6 is 0 Å². The molecule has 2 aromatic rings. The molecule has 0 radical (unpaired) electrons. The minimum Gasteiger partial charge on any atom is -0.493 e. The number of alkyl halides is 2. The SMILES string of the molecule is COc1cc(CCNC(=O)COc2ccc(C(C)=O)cc2)ccc1OC(F)F. The standard InChI is InChI=1S/C20H21F2NO5/c1-13(24)15-4-6-16(7-5-15)27-12-19(25)23-10-9-14-3-8-17(28-20(21)22)18(11-14)26-2/h3-8,11,20H,9-10,12H2,1-2H3,(H,23,25). The van der Waals surface area contributed by atoms with Crippen molar-refractivity contribution in [3.63, 3.8) is 0 Å². The van der Waals surface area contributed by atoms with E-state index in [0.29, 0.717) is 24.3 Å². The van der Waals surface area contributed by atoms with E-state index in [9.17, 15) is 18.4 Å². The van der Waals surface area contributed by atoms with Crippen LogP contribution in [-0.2, 0) is 11.2 Å². The largest absolute Gasteiger partial charge is 0.493 e. The number of Topliss-reactive ketones (excluding diaryl/α,β-unsaturated/α-hetero) is 1. The highest BCUT2D eigenvalue weighted by Crippen LogP contribution is 2.29. The number of benzene rings is 2. The van der Waals surface area contributed by atoms with Crippen molar-refractivity contribution in [1.29, 1.82) is 0 Å². The molecule has 0 spiro atoms. The molecule has 0 unspecified atom stereocenters. The maximum Gasteiger partial charge on any atom is 0.387 e. The Kier molecular flexibility index (Phi) is 7.74. The van der Waals surface area contributed by atoms with Crippen LogP contribution in [0.2, 0.25) is 0 Å². The van der Waals surface area contributed by atoms with Crippen LogP contribution in [0.15, 0.2) is 42.5 Å². The third-order valence-electron chi connectivity index (χ3n) is 3.81. The predicted molar refractivity (Wildman–Crippen MR) is 98.3 cm³/mol. The Balaban J connectivity index is 1.77. The quantitative estimate of drug-likeness (QED) is 0.628. The molecule has 0 aromatic heterocycles. The zero-order valence-corrected chi connectivity index (χ0v) is 15.5. The van der Waals surface area contributed by atoms with Crippen LogP contribution in [0.25, 0.3) is 0 Å². The van der Waals surface area contributed by atoms with E-state index in [4.69, 9.17) is 9.47 Å². The normalized spacial score (nSPS) is 10.5. The van der Waals surface area contributed by atoms with E-state index in [1.54, 1.807) is 36.4 Å². The monoisotopic (exact) mass is 393 g/mol.